The van der Waals surface area contributed by atoms with Crippen molar-refractivity contribution in [1.29, 1.82) is 0 Å². The molecule has 1 aliphatic rings. The highest BCUT2D eigenvalue weighted by molar-refractivity contribution is 5.79. The number of amides is 1. The van der Waals surface area contributed by atoms with Gasteiger partial charge in [0.25, 0.3) is 0 Å². The van der Waals surface area contributed by atoms with Gasteiger partial charge < -0.3 is 20.3 Å². The molecule has 2 atom stereocenters. The Bertz CT molecular complexity index is 1010. The SMILES string of the molecule is Cc1ccc(C(O)C(O)CCNC(=O)OCC2c3ccccc3-c3ccccc32)nc1. The molecule has 1 aromatic heterocycles. The van der Waals surface area contributed by atoms with E-state index >= 15 is 0 Å². The van der Waals surface area contributed by atoms with Gasteiger partial charge in [0.1, 0.15) is 12.7 Å². The number of fused-ring (bicyclic) bond motifs is 3. The lowest BCUT2D eigenvalue weighted by Crippen LogP contribution is -2.30. The number of aromatic nitrogens is 1. The van der Waals surface area contributed by atoms with Gasteiger partial charge in [-0.2, -0.15) is 0 Å². The van der Waals surface area contributed by atoms with Crippen LogP contribution in [-0.2, 0) is 4.74 Å². The molecule has 1 amide bonds. The molecule has 1 heterocycles. The van der Waals surface area contributed by atoms with Gasteiger partial charge in [-0.05, 0) is 47.2 Å². The van der Waals surface area contributed by atoms with Crippen LogP contribution in [0.4, 0.5) is 4.79 Å². The molecule has 0 saturated carbocycles. The number of hydrogen-bond acceptors (Lipinski definition) is 5. The molecular weight excluding hydrogens is 392 g/mol. The van der Waals surface area contributed by atoms with E-state index in [1.54, 1.807) is 12.3 Å². The molecule has 31 heavy (non-hydrogen) atoms. The summed E-state index contributed by atoms with van der Waals surface area (Å²) >= 11 is 0. The molecule has 0 spiro atoms. The third kappa shape index (κ3) is 4.60. The van der Waals surface area contributed by atoms with Crippen LogP contribution in [0.5, 0.6) is 0 Å². The first kappa shape index (κ1) is 21.0. The fourth-order valence-electron chi connectivity index (χ4n) is 3.98. The number of aliphatic hydroxyl groups is 2. The molecule has 3 aromatic rings. The van der Waals surface area contributed by atoms with Crippen molar-refractivity contribution >= 4 is 6.09 Å². The first-order chi connectivity index (χ1) is 15.0. The molecule has 1 aliphatic carbocycles. The first-order valence-electron chi connectivity index (χ1n) is 10.4. The fourth-order valence-corrected chi connectivity index (χ4v) is 3.98. The van der Waals surface area contributed by atoms with Gasteiger partial charge in [-0.1, -0.05) is 54.6 Å². The Morgan fingerprint density at radius 1 is 1.03 bits per heavy atom. The van der Waals surface area contributed by atoms with Crippen LogP contribution in [0.2, 0.25) is 0 Å². The molecule has 2 aromatic carbocycles. The minimum Gasteiger partial charge on any atom is -0.449 e. The molecule has 6 heteroatoms. The number of aryl methyl sites for hydroxylation is 1. The van der Waals surface area contributed by atoms with E-state index in [1.165, 1.54) is 11.1 Å². The number of alkyl carbamates (subject to hydrolysis) is 1. The lowest BCUT2D eigenvalue weighted by Gasteiger charge is -2.18. The Labute approximate surface area is 181 Å². The highest BCUT2D eigenvalue weighted by Gasteiger charge is 2.29. The summed E-state index contributed by atoms with van der Waals surface area (Å²) in [7, 11) is 0. The van der Waals surface area contributed by atoms with Crippen LogP contribution in [0.15, 0.2) is 66.9 Å². The number of rotatable bonds is 7. The van der Waals surface area contributed by atoms with Crippen LogP contribution in [0, 0.1) is 6.92 Å². The van der Waals surface area contributed by atoms with E-state index in [9.17, 15) is 15.0 Å². The van der Waals surface area contributed by atoms with Crippen molar-refractivity contribution in [3.8, 4) is 11.1 Å². The van der Waals surface area contributed by atoms with Crippen LogP contribution in [0.25, 0.3) is 11.1 Å². The van der Waals surface area contributed by atoms with Crippen LogP contribution in [-0.4, -0.2) is 40.5 Å². The first-order valence-corrected chi connectivity index (χ1v) is 10.4. The summed E-state index contributed by atoms with van der Waals surface area (Å²) < 4.78 is 5.47. The second-order valence-electron chi connectivity index (χ2n) is 7.81. The standard InChI is InChI=1S/C25H26N2O4/c1-16-10-11-22(27-14-16)24(29)23(28)12-13-26-25(30)31-15-21-19-8-4-2-6-17(19)18-7-3-5-9-20(18)21/h2-11,14,21,23-24,28-29H,12-13,15H2,1H3,(H,26,30). The Hall–Kier alpha value is -3.22. The molecule has 0 aliphatic heterocycles. The minimum atomic E-state index is -1.11. The van der Waals surface area contributed by atoms with Gasteiger partial charge in [0.05, 0.1) is 11.8 Å². The van der Waals surface area contributed by atoms with Gasteiger partial charge in [0.15, 0.2) is 0 Å². The fraction of sp³-hybridized carbons (Fsp3) is 0.280. The summed E-state index contributed by atoms with van der Waals surface area (Å²) in [6.07, 6.45) is -0.868. The van der Waals surface area contributed by atoms with Crippen LogP contribution in [0.3, 0.4) is 0 Å². The maximum Gasteiger partial charge on any atom is 0.407 e. The monoisotopic (exact) mass is 418 g/mol. The zero-order chi connectivity index (χ0) is 21.8. The quantitative estimate of drug-likeness (QED) is 0.544. The van der Waals surface area contributed by atoms with E-state index in [0.29, 0.717) is 5.69 Å². The normalized spacial score (nSPS) is 14.4. The van der Waals surface area contributed by atoms with Gasteiger partial charge in [0.2, 0.25) is 0 Å². The number of hydrogen-bond donors (Lipinski definition) is 3. The van der Waals surface area contributed by atoms with Crippen LogP contribution < -0.4 is 5.32 Å². The average molecular weight is 418 g/mol. The molecule has 0 fully saturated rings. The zero-order valence-corrected chi connectivity index (χ0v) is 17.4. The van der Waals surface area contributed by atoms with Gasteiger partial charge in [-0.25, -0.2) is 4.79 Å². The number of benzene rings is 2. The van der Waals surface area contributed by atoms with E-state index in [1.807, 2.05) is 37.3 Å². The van der Waals surface area contributed by atoms with Crippen molar-refractivity contribution in [2.24, 2.45) is 0 Å². The summed E-state index contributed by atoms with van der Waals surface area (Å²) in [6.45, 7) is 2.32. The Kier molecular flexibility index (Phi) is 6.30. The topological polar surface area (TPSA) is 91.7 Å². The minimum absolute atomic E-state index is 0.00169. The van der Waals surface area contributed by atoms with Gasteiger partial charge in [-0.15, -0.1) is 0 Å². The van der Waals surface area contributed by atoms with Crippen LogP contribution in [0.1, 0.15) is 40.8 Å². The highest BCUT2D eigenvalue weighted by Crippen LogP contribution is 2.44. The molecule has 4 rings (SSSR count). The molecule has 0 bridgehead atoms. The number of pyridine rings is 1. The summed E-state index contributed by atoms with van der Waals surface area (Å²) in [6, 6.07) is 19.8. The summed E-state index contributed by atoms with van der Waals surface area (Å²) in [5, 5.41) is 23.1. The lowest BCUT2D eigenvalue weighted by molar-refractivity contribution is 0.0112. The van der Waals surface area contributed by atoms with Crippen molar-refractivity contribution in [3.63, 3.8) is 0 Å². The van der Waals surface area contributed by atoms with E-state index in [4.69, 9.17) is 4.74 Å². The molecule has 6 nitrogen and oxygen atoms in total. The molecule has 160 valence electrons. The largest absolute Gasteiger partial charge is 0.449 e. The molecule has 0 saturated heterocycles. The molecular formula is C25H26N2O4. The molecule has 2 unspecified atom stereocenters. The zero-order valence-electron chi connectivity index (χ0n) is 17.4. The smallest absolute Gasteiger partial charge is 0.407 e. The average Bonchev–Trinajstić information content (AvgIpc) is 3.11. The van der Waals surface area contributed by atoms with E-state index in [0.717, 1.165) is 16.7 Å². The van der Waals surface area contributed by atoms with Gasteiger partial charge in [-0.3, -0.25) is 4.98 Å². The summed E-state index contributed by atoms with van der Waals surface area (Å²) in [4.78, 5) is 16.3. The summed E-state index contributed by atoms with van der Waals surface area (Å²) in [5.74, 6) is -0.00169. The Morgan fingerprint density at radius 2 is 1.68 bits per heavy atom. The third-order valence-electron chi connectivity index (χ3n) is 5.65. The van der Waals surface area contributed by atoms with Crippen molar-refractivity contribution in [3.05, 3.63) is 89.2 Å². The second kappa shape index (κ2) is 9.29. The van der Waals surface area contributed by atoms with Crippen molar-refractivity contribution < 1.29 is 19.7 Å². The van der Waals surface area contributed by atoms with Crippen molar-refractivity contribution in [2.75, 3.05) is 13.2 Å². The van der Waals surface area contributed by atoms with Gasteiger partial charge in [0, 0.05) is 18.7 Å². The number of nitrogens with one attached hydrogen (secondary N) is 1. The Morgan fingerprint density at radius 3 is 2.29 bits per heavy atom. The van der Waals surface area contributed by atoms with E-state index < -0.39 is 18.3 Å². The number of nitrogens with zero attached hydrogens (tertiary/aromatic N) is 1. The van der Waals surface area contributed by atoms with Crippen molar-refractivity contribution in [2.45, 2.75) is 31.5 Å². The third-order valence-corrected chi connectivity index (χ3v) is 5.65. The van der Waals surface area contributed by atoms with E-state index in [-0.39, 0.29) is 25.5 Å². The van der Waals surface area contributed by atoms with Crippen molar-refractivity contribution in [1.82, 2.24) is 10.3 Å². The highest BCUT2D eigenvalue weighted by atomic mass is 16.5. The predicted molar refractivity (Wildman–Crippen MR) is 118 cm³/mol. The maximum atomic E-state index is 12.2. The summed E-state index contributed by atoms with van der Waals surface area (Å²) in [5.41, 5.74) is 6.03. The number of ether oxygens (including phenoxy) is 1. The lowest BCUT2D eigenvalue weighted by atomic mass is 9.98. The molecule has 0 radical (unpaired) electrons. The number of aliphatic hydroxyl groups excluding tert-OH is 2. The molecule has 3 N–H and O–H groups in total. The van der Waals surface area contributed by atoms with Crippen LogP contribution >= 0.6 is 0 Å². The number of carbonyl (C=O) groups is 1. The Balaban J connectivity index is 1.28. The predicted octanol–water partition coefficient (Wildman–Crippen LogP) is 3.71. The second-order valence-corrected chi connectivity index (χ2v) is 7.81. The van der Waals surface area contributed by atoms with Gasteiger partial charge >= 0.3 is 6.09 Å². The maximum absolute atomic E-state index is 12.2. The number of carbonyl (C=O) groups excluding carboxylic acids is 1. The van der Waals surface area contributed by atoms with E-state index in [2.05, 4.69) is 34.6 Å².